The molecule has 0 fully saturated rings. The van der Waals surface area contributed by atoms with Gasteiger partial charge in [-0.15, -0.1) is 0 Å². The van der Waals surface area contributed by atoms with Gasteiger partial charge in [0.25, 0.3) is 5.91 Å². The molecule has 2 N–H and O–H groups in total. The maximum Gasteiger partial charge on any atom is 0.340 e. The predicted octanol–water partition coefficient (Wildman–Crippen LogP) is 3.83. The minimum atomic E-state index is -0.379. The third kappa shape index (κ3) is 2.65. The summed E-state index contributed by atoms with van der Waals surface area (Å²) in [4.78, 5) is 28.0. The summed E-state index contributed by atoms with van der Waals surface area (Å²) in [6, 6.07) is 5.26. The molecule has 1 aromatic heterocycles. The molecule has 2 heterocycles. The van der Waals surface area contributed by atoms with Crippen LogP contribution in [-0.2, 0) is 22.4 Å². The Kier molecular flexibility index (Phi) is 3.88. The second kappa shape index (κ2) is 6.08. The Labute approximate surface area is 150 Å². The van der Waals surface area contributed by atoms with Crippen LogP contribution < -0.4 is 5.32 Å². The van der Waals surface area contributed by atoms with E-state index in [1.807, 2.05) is 0 Å². The highest BCUT2D eigenvalue weighted by Gasteiger charge is 2.28. The molecule has 1 aliphatic heterocycles. The third-order valence-electron chi connectivity index (χ3n) is 4.77. The van der Waals surface area contributed by atoms with Gasteiger partial charge in [-0.05, 0) is 55.5 Å². The first-order valence-corrected chi connectivity index (χ1v) is 8.61. The van der Waals surface area contributed by atoms with Crippen LogP contribution in [0.15, 0.2) is 18.2 Å². The van der Waals surface area contributed by atoms with Crippen molar-refractivity contribution >= 4 is 40.8 Å². The predicted molar refractivity (Wildman–Crippen MR) is 96.7 cm³/mol. The molecule has 0 bridgehead atoms. The van der Waals surface area contributed by atoms with Crippen LogP contribution in [0, 0.1) is 0 Å². The second-order valence-corrected chi connectivity index (χ2v) is 6.71. The number of carbonyl (C=O) groups is 2. The number of methoxy groups -OCH3 is 1. The lowest BCUT2D eigenvalue weighted by molar-refractivity contribution is -0.110. The van der Waals surface area contributed by atoms with Crippen molar-refractivity contribution in [3.05, 3.63) is 51.3 Å². The number of amides is 1. The van der Waals surface area contributed by atoms with E-state index in [2.05, 4.69) is 10.3 Å². The zero-order valence-electron chi connectivity index (χ0n) is 13.7. The zero-order chi connectivity index (χ0) is 17.6. The lowest BCUT2D eigenvalue weighted by atomic mass is 9.94. The van der Waals surface area contributed by atoms with E-state index in [9.17, 15) is 9.59 Å². The Morgan fingerprint density at radius 3 is 2.88 bits per heavy atom. The lowest BCUT2D eigenvalue weighted by Crippen LogP contribution is -2.09. The van der Waals surface area contributed by atoms with Crippen LogP contribution in [0.5, 0.6) is 0 Å². The first-order valence-electron chi connectivity index (χ1n) is 8.23. The molecule has 25 heavy (non-hydrogen) atoms. The monoisotopic (exact) mass is 356 g/mol. The number of aromatic amines is 1. The van der Waals surface area contributed by atoms with E-state index in [0.29, 0.717) is 21.9 Å². The summed E-state index contributed by atoms with van der Waals surface area (Å²) in [5.74, 6) is -0.586. The smallest absolute Gasteiger partial charge is 0.340 e. The number of esters is 1. The number of aromatic nitrogens is 1. The molecule has 0 spiro atoms. The Morgan fingerprint density at radius 2 is 2.08 bits per heavy atom. The third-order valence-corrected chi connectivity index (χ3v) is 5.00. The Bertz CT molecular complexity index is 927. The number of anilines is 1. The minimum absolute atomic E-state index is 0.208. The fraction of sp³-hybridized carbons (Fsp3) is 0.263. The van der Waals surface area contributed by atoms with Crippen LogP contribution >= 0.6 is 11.6 Å². The highest BCUT2D eigenvalue weighted by Crippen LogP contribution is 2.36. The number of nitrogens with one attached hydrogen (secondary N) is 2. The van der Waals surface area contributed by atoms with Crippen LogP contribution in [-0.4, -0.2) is 24.0 Å². The normalized spacial score (nSPS) is 17.2. The van der Waals surface area contributed by atoms with Gasteiger partial charge < -0.3 is 15.0 Å². The standard InChI is InChI=1S/C19H17ClN2O3/c1-25-19(24)17-11-4-2-3-5-14(11)21-16(17)9-13-12-8-10(20)6-7-15(12)22-18(13)23/h6-9,21H,2-5H2,1H3,(H,22,23). The molecular weight excluding hydrogens is 340 g/mol. The van der Waals surface area contributed by atoms with E-state index in [1.54, 1.807) is 24.3 Å². The van der Waals surface area contributed by atoms with Gasteiger partial charge in [-0.1, -0.05) is 11.6 Å². The summed E-state index contributed by atoms with van der Waals surface area (Å²) in [5.41, 5.74) is 5.17. The highest BCUT2D eigenvalue weighted by atomic mass is 35.5. The van der Waals surface area contributed by atoms with Gasteiger partial charge in [0.1, 0.15) is 0 Å². The Hall–Kier alpha value is -2.53. The molecule has 1 aliphatic carbocycles. The van der Waals surface area contributed by atoms with E-state index in [-0.39, 0.29) is 11.9 Å². The van der Waals surface area contributed by atoms with E-state index in [0.717, 1.165) is 48.2 Å². The number of benzene rings is 1. The van der Waals surface area contributed by atoms with Crippen molar-refractivity contribution < 1.29 is 14.3 Å². The lowest BCUT2D eigenvalue weighted by Gasteiger charge is -2.11. The van der Waals surface area contributed by atoms with Crippen LogP contribution in [0.1, 0.15) is 45.7 Å². The van der Waals surface area contributed by atoms with Crippen molar-refractivity contribution in [3.8, 4) is 0 Å². The minimum Gasteiger partial charge on any atom is -0.465 e. The van der Waals surface area contributed by atoms with E-state index in [1.165, 1.54) is 7.11 Å². The number of rotatable bonds is 2. The maximum atomic E-state index is 12.4. The fourth-order valence-corrected chi connectivity index (χ4v) is 3.77. The maximum absolute atomic E-state index is 12.4. The van der Waals surface area contributed by atoms with Gasteiger partial charge in [0.2, 0.25) is 0 Å². The molecule has 128 valence electrons. The average molecular weight is 357 g/mol. The van der Waals surface area contributed by atoms with Gasteiger partial charge in [-0.25, -0.2) is 4.79 Å². The van der Waals surface area contributed by atoms with Gasteiger partial charge in [0.05, 0.1) is 23.9 Å². The van der Waals surface area contributed by atoms with Gasteiger partial charge >= 0.3 is 5.97 Å². The molecule has 0 unspecified atom stereocenters. The van der Waals surface area contributed by atoms with Crippen molar-refractivity contribution in [2.45, 2.75) is 25.7 Å². The highest BCUT2D eigenvalue weighted by molar-refractivity contribution is 6.36. The molecule has 6 heteroatoms. The summed E-state index contributed by atoms with van der Waals surface area (Å²) in [6.45, 7) is 0. The summed E-state index contributed by atoms with van der Waals surface area (Å²) in [6.07, 6.45) is 5.60. The summed E-state index contributed by atoms with van der Waals surface area (Å²) in [7, 11) is 1.37. The number of hydrogen-bond acceptors (Lipinski definition) is 3. The molecule has 0 atom stereocenters. The molecule has 0 saturated carbocycles. The topological polar surface area (TPSA) is 71.2 Å². The van der Waals surface area contributed by atoms with Crippen molar-refractivity contribution in [2.75, 3.05) is 12.4 Å². The number of H-pyrrole nitrogens is 1. The molecule has 1 amide bonds. The van der Waals surface area contributed by atoms with Crippen molar-refractivity contribution in [2.24, 2.45) is 0 Å². The van der Waals surface area contributed by atoms with Gasteiger partial charge in [-0.2, -0.15) is 0 Å². The quantitative estimate of drug-likeness (QED) is 0.634. The van der Waals surface area contributed by atoms with Crippen LogP contribution in [0.3, 0.4) is 0 Å². The van der Waals surface area contributed by atoms with Gasteiger partial charge in [0, 0.05) is 22.0 Å². The fourth-order valence-electron chi connectivity index (χ4n) is 3.60. The number of carbonyl (C=O) groups excluding carboxylic acids is 2. The van der Waals surface area contributed by atoms with Gasteiger partial charge in [-0.3, -0.25) is 4.79 Å². The van der Waals surface area contributed by atoms with Crippen LogP contribution in [0.25, 0.3) is 11.6 Å². The largest absolute Gasteiger partial charge is 0.465 e. The van der Waals surface area contributed by atoms with E-state index < -0.39 is 0 Å². The van der Waals surface area contributed by atoms with Crippen molar-refractivity contribution in [1.82, 2.24) is 4.98 Å². The summed E-state index contributed by atoms with van der Waals surface area (Å²) in [5, 5.41) is 3.38. The number of hydrogen-bond donors (Lipinski definition) is 2. The number of fused-ring (bicyclic) bond motifs is 2. The van der Waals surface area contributed by atoms with E-state index in [4.69, 9.17) is 16.3 Å². The SMILES string of the molecule is COC(=O)c1c(C=C2C(=O)Nc3ccc(Cl)cc32)[nH]c2c1CCCC2. The first-order chi connectivity index (χ1) is 12.1. The van der Waals surface area contributed by atoms with E-state index >= 15 is 0 Å². The molecule has 0 saturated heterocycles. The molecular formula is C19H17ClN2O3. The molecule has 5 nitrogen and oxygen atoms in total. The molecule has 1 aromatic carbocycles. The van der Waals surface area contributed by atoms with Crippen LogP contribution in [0.2, 0.25) is 5.02 Å². The second-order valence-electron chi connectivity index (χ2n) is 6.27. The molecule has 2 aliphatic rings. The zero-order valence-corrected chi connectivity index (χ0v) is 14.5. The molecule has 4 rings (SSSR count). The van der Waals surface area contributed by atoms with Gasteiger partial charge in [0.15, 0.2) is 0 Å². The number of halogens is 1. The molecule has 2 aromatic rings. The first kappa shape index (κ1) is 16.0. The Balaban J connectivity index is 1.88. The van der Waals surface area contributed by atoms with Crippen molar-refractivity contribution in [1.29, 1.82) is 0 Å². The van der Waals surface area contributed by atoms with Crippen LogP contribution in [0.4, 0.5) is 5.69 Å². The summed E-state index contributed by atoms with van der Waals surface area (Å²) >= 11 is 6.08. The Morgan fingerprint density at radius 1 is 1.28 bits per heavy atom. The number of ether oxygens (including phenoxy) is 1. The van der Waals surface area contributed by atoms with Crippen molar-refractivity contribution in [3.63, 3.8) is 0 Å². The number of aryl methyl sites for hydroxylation is 1. The molecule has 0 radical (unpaired) electrons. The summed E-state index contributed by atoms with van der Waals surface area (Å²) < 4.78 is 4.97. The average Bonchev–Trinajstić information content (AvgIpc) is 3.12.